The van der Waals surface area contributed by atoms with Crippen LogP contribution in [0.1, 0.15) is 37.9 Å². The van der Waals surface area contributed by atoms with Crippen LogP contribution in [0.5, 0.6) is 5.75 Å². The Hall–Kier alpha value is -3.10. The smallest absolute Gasteiger partial charge is 0.338 e. The monoisotopic (exact) mass is 494 g/mol. The summed E-state index contributed by atoms with van der Waals surface area (Å²) in [5.41, 5.74) is 2.48. The summed E-state index contributed by atoms with van der Waals surface area (Å²) >= 11 is 2.95. The van der Waals surface area contributed by atoms with E-state index in [1.54, 1.807) is 30.2 Å². The van der Waals surface area contributed by atoms with Gasteiger partial charge in [-0.3, -0.25) is 9.36 Å². The topological polar surface area (TPSA) is 69.9 Å². The minimum Gasteiger partial charge on any atom is -0.494 e. The molecular formula is C26H26N2O4S2. The average molecular weight is 495 g/mol. The number of esters is 1. The Kier molecular flexibility index (Phi) is 7.38. The number of carbonyl (C=O) groups excluding carboxylic acids is 1. The van der Waals surface area contributed by atoms with Crippen LogP contribution >= 0.6 is 23.1 Å². The summed E-state index contributed by atoms with van der Waals surface area (Å²) in [6.07, 6.45) is 3.85. The summed E-state index contributed by atoms with van der Waals surface area (Å²) in [5.74, 6) is 0.327. The van der Waals surface area contributed by atoms with Gasteiger partial charge in [0.25, 0.3) is 5.56 Å². The summed E-state index contributed by atoms with van der Waals surface area (Å²) < 4.78 is 13.0. The van der Waals surface area contributed by atoms with Crippen LogP contribution in [0, 0.1) is 0 Å². The highest BCUT2D eigenvalue weighted by Gasteiger charge is 2.33. The van der Waals surface area contributed by atoms with E-state index in [2.05, 4.69) is 4.99 Å². The van der Waals surface area contributed by atoms with Crippen molar-refractivity contribution < 1.29 is 14.3 Å². The molecule has 0 bridgehead atoms. The molecule has 0 saturated heterocycles. The van der Waals surface area contributed by atoms with Gasteiger partial charge in [0.05, 0.1) is 35.1 Å². The molecule has 3 aromatic rings. The molecule has 1 unspecified atom stereocenters. The van der Waals surface area contributed by atoms with Crippen LogP contribution in [0.25, 0.3) is 6.08 Å². The molecule has 0 N–H and O–H groups in total. The first-order chi connectivity index (χ1) is 16.5. The molecular weight excluding hydrogens is 468 g/mol. The largest absolute Gasteiger partial charge is 0.494 e. The predicted octanol–water partition coefficient (Wildman–Crippen LogP) is 3.92. The van der Waals surface area contributed by atoms with E-state index >= 15 is 0 Å². The maximum atomic E-state index is 13.6. The molecule has 8 heteroatoms. The van der Waals surface area contributed by atoms with Gasteiger partial charge in [-0.1, -0.05) is 35.6 Å². The Balaban J connectivity index is 1.87. The maximum absolute atomic E-state index is 13.6. The lowest BCUT2D eigenvalue weighted by Crippen LogP contribution is -2.39. The normalized spacial score (nSPS) is 15.6. The summed E-state index contributed by atoms with van der Waals surface area (Å²) in [4.78, 5) is 32.8. The van der Waals surface area contributed by atoms with Crippen molar-refractivity contribution in [3.63, 3.8) is 0 Å². The summed E-state index contributed by atoms with van der Waals surface area (Å²) in [6, 6.07) is 14.9. The molecule has 2 heterocycles. The molecule has 0 spiro atoms. The summed E-state index contributed by atoms with van der Waals surface area (Å²) in [6.45, 7) is 6.33. The van der Waals surface area contributed by atoms with Crippen molar-refractivity contribution >= 4 is 35.1 Å². The molecule has 6 nitrogen and oxygen atoms in total. The number of carbonyl (C=O) groups is 1. The zero-order valence-electron chi connectivity index (χ0n) is 19.5. The molecule has 2 aromatic carbocycles. The third-order valence-electron chi connectivity index (χ3n) is 5.44. The van der Waals surface area contributed by atoms with E-state index in [0.717, 1.165) is 21.8 Å². The third kappa shape index (κ3) is 4.74. The minimum absolute atomic E-state index is 0.189. The lowest BCUT2D eigenvalue weighted by Gasteiger charge is -2.24. The zero-order chi connectivity index (χ0) is 24.2. The van der Waals surface area contributed by atoms with E-state index in [1.165, 1.54) is 11.3 Å². The van der Waals surface area contributed by atoms with Gasteiger partial charge in [0, 0.05) is 4.90 Å². The van der Waals surface area contributed by atoms with Crippen molar-refractivity contribution in [2.45, 2.75) is 31.7 Å². The zero-order valence-corrected chi connectivity index (χ0v) is 21.2. The van der Waals surface area contributed by atoms with Crippen LogP contribution in [0.4, 0.5) is 0 Å². The molecule has 1 aromatic heterocycles. The number of ether oxygens (including phenoxy) is 2. The SMILES string of the molecule is CCOC(=O)C1=C(C)N=c2s/c(=C\c3ccc(OCC)cc3)c(=O)n2C1c1ccc(SC)cc1. The number of benzene rings is 2. The Labute approximate surface area is 206 Å². The van der Waals surface area contributed by atoms with Crippen molar-refractivity contribution in [2.24, 2.45) is 4.99 Å². The number of thioether (sulfide) groups is 1. The summed E-state index contributed by atoms with van der Waals surface area (Å²) in [5, 5.41) is 0. The number of allylic oxidation sites excluding steroid dienone is 1. The molecule has 4 rings (SSSR count). The van der Waals surface area contributed by atoms with Gasteiger partial charge in [-0.05, 0) is 68.5 Å². The van der Waals surface area contributed by atoms with Crippen molar-refractivity contribution in [1.29, 1.82) is 0 Å². The highest BCUT2D eigenvalue weighted by atomic mass is 32.2. The summed E-state index contributed by atoms with van der Waals surface area (Å²) in [7, 11) is 0. The molecule has 0 amide bonds. The minimum atomic E-state index is -0.603. The second-order valence-electron chi connectivity index (χ2n) is 7.58. The van der Waals surface area contributed by atoms with Gasteiger partial charge in [0.2, 0.25) is 0 Å². The Morgan fingerprint density at radius 1 is 1.12 bits per heavy atom. The second-order valence-corrected chi connectivity index (χ2v) is 9.47. The lowest BCUT2D eigenvalue weighted by molar-refractivity contribution is -0.139. The Morgan fingerprint density at radius 3 is 2.44 bits per heavy atom. The average Bonchev–Trinajstić information content (AvgIpc) is 3.14. The first-order valence-corrected chi connectivity index (χ1v) is 13.1. The molecule has 0 saturated carbocycles. The van der Waals surface area contributed by atoms with E-state index in [0.29, 0.717) is 27.2 Å². The fourth-order valence-electron chi connectivity index (χ4n) is 3.87. The number of fused-ring (bicyclic) bond motifs is 1. The number of nitrogens with zero attached hydrogens (tertiary/aromatic N) is 2. The van der Waals surface area contributed by atoms with E-state index in [9.17, 15) is 9.59 Å². The molecule has 0 radical (unpaired) electrons. The lowest BCUT2D eigenvalue weighted by atomic mass is 9.96. The Bertz CT molecular complexity index is 1400. The van der Waals surface area contributed by atoms with Gasteiger partial charge < -0.3 is 9.47 Å². The number of hydrogen-bond acceptors (Lipinski definition) is 7. The van der Waals surface area contributed by atoms with Crippen molar-refractivity contribution in [3.8, 4) is 5.75 Å². The van der Waals surface area contributed by atoms with Crippen LogP contribution in [0.3, 0.4) is 0 Å². The number of thiazole rings is 1. The number of aromatic nitrogens is 1. The van der Waals surface area contributed by atoms with Gasteiger partial charge in [0.1, 0.15) is 5.75 Å². The molecule has 0 fully saturated rings. The second kappa shape index (κ2) is 10.4. The van der Waals surface area contributed by atoms with Crippen LogP contribution in [-0.2, 0) is 9.53 Å². The first kappa shape index (κ1) is 24.0. The number of hydrogen-bond donors (Lipinski definition) is 0. The molecule has 0 aliphatic carbocycles. The van der Waals surface area contributed by atoms with Gasteiger partial charge in [-0.25, -0.2) is 9.79 Å². The van der Waals surface area contributed by atoms with E-state index < -0.39 is 12.0 Å². The standard InChI is InChI=1S/C26H26N2O4S2/c1-5-31-19-11-7-17(8-12-19)15-21-24(29)28-23(18-9-13-20(33-4)14-10-18)22(25(30)32-6-2)16(3)27-26(28)34-21/h7-15,23H,5-6H2,1-4H3/b21-15-. The molecule has 1 aliphatic rings. The van der Waals surface area contributed by atoms with Crippen molar-refractivity contribution in [3.05, 3.63) is 90.6 Å². The Morgan fingerprint density at radius 2 is 1.82 bits per heavy atom. The van der Waals surface area contributed by atoms with E-state index in [1.807, 2.05) is 67.8 Å². The molecule has 34 heavy (non-hydrogen) atoms. The van der Waals surface area contributed by atoms with Crippen molar-refractivity contribution in [1.82, 2.24) is 4.57 Å². The fraction of sp³-hybridized carbons (Fsp3) is 0.269. The highest BCUT2D eigenvalue weighted by molar-refractivity contribution is 7.98. The quantitative estimate of drug-likeness (QED) is 0.368. The van der Waals surface area contributed by atoms with E-state index in [-0.39, 0.29) is 12.2 Å². The van der Waals surface area contributed by atoms with Gasteiger partial charge in [-0.2, -0.15) is 0 Å². The van der Waals surface area contributed by atoms with Crippen LogP contribution in [0.2, 0.25) is 0 Å². The molecule has 176 valence electrons. The first-order valence-electron chi connectivity index (χ1n) is 11.0. The van der Waals surface area contributed by atoms with Gasteiger partial charge >= 0.3 is 5.97 Å². The third-order valence-corrected chi connectivity index (χ3v) is 7.16. The van der Waals surface area contributed by atoms with Crippen LogP contribution in [-0.4, -0.2) is 30.0 Å². The fourth-order valence-corrected chi connectivity index (χ4v) is 5.33. The van der Waals surface area contributed by atoms with Crippen molar-refractivity contribution in [2.75, 3.05) is 19.5 Å². The van der Waals surface area contributed by atoms with Crippen LogP contribution in [0.15, 0.2) is 74.5 Å². The van der Waals surface area contributed by atoms with Gasteiger partial charge in [0.15, 0.2) is 4.80 Å². The molecule has 1 atom stereocenters. The highest BCUT2D eigenvalue weighted by Crippen LogP contribution is 2.31. The predicted molar refractivity (Wildman–Crippen MR) is 136 cm³/mol. The number of rotatable bonds is 7. The van der Waals surface area contributed by atoms with Crippen LogP contribution < -0.4 is 19.6 Å². The maximum Gasteiger partial charge on any atom is 0.338 e. The van der Waals surface area contributed by atoms with E-state index in [4.69, 9.17) is 9.47 Å². The van der Waals surface area contributed by atoms with Gasteiger partial charge in [-0.15, -0.1) is 11.8 Å². The molecule has 1 aliphatic heterocycles.